The van der Waals surface area contributed by atoms with Crippen LogP contribution in [0.15, 0.2) is 24.3 Å². The Kier molecular flexibility index (Phi) is 2.75. The van der Waals surface area contributed by atoms with Crippen molar-refractivity contribution < 1.29 is 5.11 Å². The molecular formula is C13H15NO. The van der Waals surface area contributed by atoms with E-state index in [1.54, 1.807) is 6.07 Å². The van der Waals surface area contributed by atoms with Crippen LogP contribution in [0.1, 0.15) is 43.2 Å². The average molecular weight is 201 g/mol. The highest BCUT2D eigenvalue weighted by Crippen LogP contribution is 2.38. The third-order valence-corrected chi connectivity index (χ3v) is 3.23. The van der Waals surface area contributed by atoms with Crippen molar-refractivity contribution >= 4 is 0 Å². The quantitative estimate of drug-likeness (QED) is 0.759. The first-order chi connectivity index (χ1) is 7.26. The standard InChI is InChI=1S/C13H15NO/c14-10-11-6-2-3-7-12(11)13(15)8-4-1-5-9-13/h2-3,6-7,15H,1,4-5,8-9H2. The van der Waals surface area contributed by atoms with Crippen LogP contribution in [0.5, 0.6) is 0 Å². The molecule has 1 N–H and O–H groups in total. The zero-order valence-electron chi connectivity index (χ0n) is 8.74. The van der Waals surface area contributed by atoms with Crippen LogP contribution in [0.2, 0.25) is 0 Å². The molecule has 0 spiro atoms. The van der Waals surface area contributed by atoms with Gasteiger partial charge in [0.15, 0.2) is 0 Å². The molecule has 0 radical (unpaired) electrons. The summed E-state index contributed by atoms with van der Waals surface area (Å²) in [4.78, 5) is 0. The molecule has 0 atom stereocenters. The maximum absolute atomic E-state index is 10.5. The molecule has 0 amide bonds. The molecule has 1 aromatic rings. The lowest BCUT2D eigenvalue weighted by Crippen LogP contribution is -2.29. The molecule has 0 heterocycles. The number of nitrogens with zero attached hydrogens (tertiary/aromatic N) is 1. The molecule has 78 valence electrons. The highest BCUT2D eigenvalue weighted by atomic mass is 16.3. The monoisotopic (exact) mass is 201 g/mol. The second-order valence-corrected chi connectivity index (χ2v) is 4.25. The fourth-order valence-electron chi connectivity index (χ4n) is 2.39. The van der Waals surface area contributed by atoms with Crippen molar-refractivity contribution in [3.05, 3.63) is 35.4 Å². The van der Waals surface area contributed by atoms with Crippen molar-refractivity contribution in [1.29, 1.82) is 5.26 Å². The van der Waals surface area contributed by atoms with E-state index in [0.717, 1.165) is 31.2 Å². The summed E-state index contributed by atoms with van der Waals surface area (Å²) >= 11 is 0. The van der Waals surface area contributed by atoms with Gasteiger partial charge in [-0.3, -0.25) is 0 Å². The first-order valence-corrected chi connectivity index (χ1v) is 5.48. The summed E-state index contributed by atoms with van der Waals surface area (Å²) in [6.07, 6.45) is 4.86. The van der Waals surface area contributed by atoms with Crippen LogP contribution in [-0.4, -0.2) is 5.11 Å². The number of hydrogen-bond acceptors (Lipinski definition) is 2. The Balaban J connectivity index is 2.39. The molecule has 1 aromatic carbocycles. The normalized spacial score (nSPS) is 19.5. The smallest absolute Gasteiger partial charge is 0.0995 e. The fourth-order valence-corrected chi connectivity index (χ4v) is 2.39. The molecule has 0 aliphatic heterocycles. The average Bonchev–Trinajstić information content (AvgIpc) is 2.30. The number of rotatable bonds is 1. The first kappa shape index (κ1) is 10.2. The highest BCUT2D eigenvalue weighted by molar-refractivity contribution is 5.41. The number of benzene rings is 1. The molecule has 0 unspecified atom stereocenters. The van der Waals surface area contributed by atoms with Gasteiger partial charge in [0, 0.05) is 5.56 Å². The Bertz CT molecular complexity index is 386. The van der Waals surface area contributed by atoms with Crippen molar-refractivity contribution in [3.63, 3.8) is 0 Å². The number of nitriles is 1. The summed E-state index contributed by atoms with van der Waals surface area (Å²) in [7, 11) is 0. The number of hydrogen-bond donors (Lipinski definition) is 1. The number of aliphatic hydroxyl groups is 1. The largest absolute Gasteiger partial charge is 0.385 e. The minimum absolute atomic E-state index is 0.613. The highest BCUT2D eigenvalue weighted by Gasteiger charge is 2.32. The minimum Gasteiger partial charge on any atom is -0.385 e. The van der Waals surface area contributed by atoms with Crippen LogP contribution in [0.4, 0.5) is 0 Å². The van der Waals surface area contributed by atoms with E-state index in [4.69, 9.17) is 5.26 Å². The van der Waals surface area contributed by atoms with Crippen LogP contribution in [-0.2, 0) is 5.60 Å². The van der Waals surface area contributed by atoms with Crippen LogP contribution in [0.25, 0.3) is 0 Å². The van der Waals surface area contributed by atoms with Gasteiger partial charge in [-0.25, -0.2) is 0 Å². The van der Waals surface area contributed by atoms with Gasteiger partial charge in [-0.2, -0.15) is 5.26 Å². The van der Waals surface area contributed by atoms with E-state index in [1.807, 2.05) is 18.2 Å². The van der Waals surface area contributed by atoms with Gasteiger partial charge in [-0.05, 0) is 18.9 Å². The van der Waals surface area contributed by atoms with E-state index in [1.165, 1.54) is 6.42 Å². The van der Waals surface area contributed by atoms with E-state index in [9.17, 15) is 5.11 Å². The van der Waals surface area contributed by atoms with E-state index in [0.29, 0.717) is 5.56 Å². The van der Waals surface area contributed by atoms with Crippen molar-refractivity contribution in [2.24, 2.45) is 0 Å². The van der Waals surface area contributed by atoms with E-state index in [2.05, 4.69) is 6.07 Å². The SMILES string of the molecule is N#Cc1ccccc1C1(O)CCCCC1. The second kappa shape index (κ2) is 4.04. The van der Waals surface area contributed by atoms with Crippen LogP contribution >= 0.6 is 0 Å². The zero-order valence-corrected chi connectivity index (χ0v) is 8.74. The molecule has 1 saturated carbocycles. The minimum atomic E-state index is -0.759. The Morgan fingerprint density at radius 2 is 1.80 bits per heavy atom. The third-order valence-electron chi connectivity index (χ3n) is 3.23. The van der Waals surface area contributed by atoms with Crippen molar-refractivity contribution in [1.82, 2.24) is 0 Å². The van der Waals surface area contributed by atoms with Crippen LogP contribution < -0.4 is 0 Å². The molecule has 2 rings (SSSR count). The molecule has 0 saturated heterocycles. The fraction of sp³-hybridized carbons (Fsp3) is 0.462. The Morgan fingerprint density at radius 3 is 2.47 bits per heavy atom. The van der Waals surface area contributed by atoms with Gasteiger partial charge in [-0.15, -0.1) is 0 Å². The lowest BCUT2D eigenvalue weighted by Gasteiger charge is -2.33. The summed E-state index contributed by atoms with van der Waals surface area (Å²) in [6.45, 7) is 0. The van der Waals surface area contributed by atoms with E-state index in [-0.39, 0.29) is 0 Å². The summed E-state index contributed by atoms with van der Waals surface area (Å²) in [5.74, 6) is 0. The van der Waals surface area contributed by atoms with Gasteiger partial charge in [0.05, 0.1) is 17.2 Å². The maximum Gasteiger partial charge on any atom is 0.0995 e. The molecule has 2 nitrogen and oxygen atoms in total. The molecule has 15 heavy (non-hydrogen) atoms. The third kappa shape index (κ3) is 1.88. The molecule has 1 aliphatic rings. The molecule has 0 aromatic heterocycles. The predicted octanol–water partition coefficient (Wildman–Crippen LogP) is 2.71. The van der Waals surface area contributed by atoms with E-state index >= 15 is 0 Å². The summed E-state index contributed by atoms with van der Waals surface area (Å²) in [5.41, 5.74) is 0.666. The van der Waals surface area contributed by atoms with Crippen LogP contribution in [0, 0.1) is 11.3 Å². The lowest BCUT2D eigenvalue weighted by atomic mass is 9.78. The first-order valence-electron chi connectivity index (χ1n) is 5.48. The topological polar surface area (TPSA) is 44.0 Å². The van der Waals surface area contributed by atoms with Gasteiger partial charge in [0.1, 0.15) is 0 Å². The molecular weight excluding hydrogens is 186 g/mol. The van der Waals surface area contributed by atoms with Gasteiger partial charge in [0.2, 0.25) is 0 Å². The van der Waals surface area contributed by atoms with Gasteiger partial charge < -0.3 is 5.11 Å². The summed E-state index contributed by atoms with van der Waals surface area (Å²) in [6, 6.07) is 9.55. The van der Waals surface area contributed by atoms with Gasteiger partial charge in [0.25, 0.3) is 0 Å². The molecule has 2 heteroatoms. The summed E-state index contributed by atoms with van der Waals surface area (Å²) < 4.78 is 0. The molecule has 1 aliphatic carbocycles. The Morgan fingerprint density at radius 1 is 1.13 bits per heavy atom. The van der Waals surface area contributed by atoms with Crippen molar-refractivity contribution in [3.8, 4) is 6.07 Å². The summed E-state index contributed by atoms with van der Waals surface area (Å²) in [5, 5.41) is 19.5. The molecule has 1 fully saturated rings. The molecule has 0 bridgehead atoms. The van der Waals surface area contributed by atoms with E-state index < -0.39 is 5.60 Å². The van der Waals surface area contributed by atoms with Crippen molar-refractivity contribution in [2.75, 3.05) is 0 Å². The lowest BCUT2D eigenvalue weighted by molar-refractivity contribution is -0.000858. The van der Waals surface area contributed by atoms with Crippen molar-refractivity contribution in [2.45, 2.75) is 37.7 Å². The Hall–Kier alpha value is -1.33. The predicted molar refractivity (Wildman–Crippen MR) is 58.1 cm³/mol. The van der Waals surface area contributed by atoms with Gasteiger partial charge >= 0.3 is 0 Å². The van der Waals surface area contributed by atoms with Crippen LogP contribution in [0.3, 0.4) is 0 Å². The second-order valence-electron chi connectivity index (χ2n) is 4.25. The Labute approximate surface area is 90.2 Å². The van der Waals surface area contributed by atoms with Gasteiger partial charge in [-0.1, -0.05) is 37.5 Å². The maximum atomic E-state index is 10.5. The zero-order chi connectivity index (χ0) is 10.7.